The van der Waals surface area contributed by atoms with Crippen LogP contribution >= 0.6 is 11.3 Å². The molecule has 0 spiro atoms. The zero-order chi connectivity index (χ0) is 22.3. The molecular formula is C20H21NO8S. The number of carbonyl (C=O) groups excluding carboxylic acids is 4. The summed E-state index contributed by atoms with van der Waals surface area (Å²) in [6.45, 7) is 2.95. The Morgan fingerprint density at radius 1 is 1.13 bits per heavy atom. The lowest BCUT2D eigenvalue weighted by atomic mass is 10.1. The molecule has 30 heavy (non-hydrogen) atoms. The molecule has 10 heteroatoms. The number of amides is 1. The molecule has 1 amide bonds. The van der Waals surface area contributed by atoms with Crippen LogP contribution in [0.3, 0.4) is 0 Å². The van der Waals surface area contributed by atoms with E-state index < -0.39 is 24.5 Å². The van der Waals surface area contributed by atoms with Crippen LogP contribution in [0, 0.1) is 6.92 Å². The number of ether oxygens (including phenoxy) is 4. The molecule has 1 aromatic carbocycles. The van der Waals surface area contributed by atoms with E-state index in [-0.39, 0.29) is 27.8 Å². The number of esters is 2. The first-order valence-corrected chi connectivity index (χ1v) is 9.62. The lowest BCUT2D eigenvalue weighted by molar-refractivity contribution is -0.118. The van der Waals surface area contributed by atoms with E-state index in [0.29, 0.717) is 23.2 Å². The summed E-state index contributed by atoms with van der Waals surface area (Å²) in [7, 11) is 2.63. The van der Waals surface area contributed by atoms with E-state index in [1.54, 1.807) is 13.8 Å². The van der Waals surface area contributed by atoms with Crippen LogP contribution in [-0.2, 0) is 14.3 Å². The van der Waals surface area contributed by atoms with Crippen LogP contribution < -0.4 is 14.8 Å². The summed E-state index contributed by atoms with van der Waals surface area (Å²) >= 11 is 0.909. The van der Waals surface area contributed by atoms with Gasteiger partial charge < -0.3 is 24.3 Å². The minimum absolute atomic E-state index is 0.0866. The van der Waals surface area contributed by atoms with Gasteiger partial charge in [-0.3, -0.25) is 9.59 Å². The monoisotopic (exact) mass is 435 g/mol. The third-order valence-electron chi connectivity index (χ3n) is 3.93. The third kappa shape index (κ3) is 5.15. The van der Waals surface area contributed by atoms with E-state index in [0.717, 1.165) is 11.3 Å². The van der Waals surface area contributed by atoms with Crippen LogP contribution in [0.15, 0.2) is 18.2 Å². The van der Waals surface area contributed by atoms with E-state index in [2.05, 4.69) is 5.32 Å². The summed E-state index contributed by atoms with van der Waals surface area (Å²) in [6, 6.07) is 4.50. The molecule has 0 unspecified atom stereocenters. The number of benzene rings is 1. The SMILES string of the molecule is CCOC(=O)c1c(NC(=O)COc2ccc(C=O)cc2OC)sc(C(=O)OC)c1C. The van der Waals surface area contributed by atoms with Crippen LogP contribution in [0.25, 0.3) is 0 Å². The number of thiophene rings is 1. The zero-order valence-electron chi connectivity index (χ0n) is 16.9. The summed E-state index contributed by atoms with van der Waals surface area (Å²) in [4.78, 5) is 47.7. The van der Waals surface area contributed by atoms with Crippen LogP contribution in [0.1, 0.15) is 42.9 Å². The van der Waals surface area contributed by atoms with E-state index in [9.17, 15) is 19.2 Å². The van der Waals surface area contributed by atoms with E-state index in [1.165, 1.54) is 32.4 Å². The number of aldehydes is 1. The van der Waals surface area contributed by atoms with Crippen LogP contribution in [-0.4, -0.2) is 51.6 Å². The largest absolute Gasteiger partial charge is 0.493 e. The summed E-state index contributed by atoms with van der Waals surface area (Å²) in [5, 5.41) is 2.73. The van der Waals surface area contributed by atoms with Gasteiger partial charge in [-0.25, -0.2) is 9.59 Å². The van der Waals surface area contributed by atoms with Crippen molar-refractivity contribution in [2.75, 3.05) is 32.8 Å². The van der Waals surface area contributed by atoms with E-state index >= 15 is 0 Å². The van der Waals surface area contributed by atoms with Crippen molar-refractivity contribution >= 4 is 40.5 Å². The van der Waals surface area contributed by atoms with Crippen molar-refractivity contribution in [1.29, 1.82) is 0 Å². The number of carbonyl (C=O) groups is 4. The standard InChI is InChI=1S/C20H21NO8S/c1-5-28-19(24)16-11(2)17(20(25)27-4)30-18(16)21-15(23)10-29-13-7-6-12(9-22)8-14(13)26-3/h6-9H,5,10H2,1-4H3,(H,21,23). The van der Waals surface area contributed by atoms with Crippen LogP contribution in [0.4, 0.5) is 5.00 Å². The van der Waals surface area contributed by atoms with Crippen LogP contribution in [0.2, 0.25) is 0 Å². The van der Waals surface area contributed by atoms with Crippen molar-refractivity contribution in [2.45, 2.75) is 13.8 Å². The Balaban J connectivity index is 2.21. The van der Waals surface area contributed by atoms with Gasteiger partial charge >= 0.3 is 11.9 Å². The zero-order valence-corrected chi connectivity index (χ0v) is 17.7. The fourth-order valence-corrected chi connectivity index (χ4v) is 3.65. The van der Waals surface area contributed by atoms with Gasteiger partial charge in [0.05, 0.1) is 26.4 Å². The van der Waals surface area contributed by atoms with Gasteiger partial charge in [0.2, 0.25) is 0 Å². The molecule has 1 heterocycles. The van der Waals surface area contributed by atoms with Crippen LogP contribution in [0.5, 0.6) is 11.5 Å². The summed E-state index contributed by atoms with van der Waals surface area (Å²) in [5.74, 6) is -1.30. The maximum atomic E-state index is 12.4. The van der Waals surface area contributed by atoms with Crippen molar-refractivity contribution in [3.63, 3.8) is 0 Å². The molecule has 160 valence electrons. The highest BCUT2D eigenvalue weighted by molar-refractivity contribution is 7.18. The quantitative estimate of drug-likeness (QED) is 0.472. The lowest BCUT2D eigenvalue weighted by Crippen LogP contribution is -2.21. The molecule has 0 fully saturated rings. The van der Waals surface area contributed by atoms with Gasteiger partial charge in [0, 0.05) is 5.56 Å². The van der Waals surface area contributed by atoms with Gasteiger partial charge in [0.25, 0.3) is 5.91 Å². The highest BCUT2D eigenvalue weighted by atomic mass is 32.1. The van der Waals surface area contributed by atoms with E-state index in [1.807, 2.05) is 0 Å². The molecule has 0 atom stereocenters. The number of rotatable bonds is 9. The fourth-order valence-electron chi connectivity index (χ4n) is 2.52. The molecule has 1 aromatic heterocycles. The second-order valence-corrected chi connectivity index (χ2v) is 6.86. The Bertz CT molecular complexity index is 966. The summed E-state index contributed by atoms with van der Waals surface area (Å²) in [6.07, 6.45) is 0.661. The molecule has 0 aliphatic heterocycles. The highest BCUT2D eigenvalue weighted by Gasteiger charge is 2.27. The highest BCUT2D eigenvalue weighted by Crippen LogP contribution is 2.34. The Hall–Kier alpha value is -3.40. The van der Waals surface area contributed by atoms with Gasteiger partial charge in [-0.2, -0.15) is 0 Å². The van der Waals surface area contributed by atoms with Crippen molar-refractivity contribution in [3.8, 4) is 11.5 Å². The Morgan fingerprint density at radius 3 is 2.47 bits per heavy atom. The van der Waals surface area contributed by atoms with Crippen molar-refractivity contribution in [3.05, 3.63) is 39.8 Å². The molecule has 0 saturated carbocycles. The van der Waals surface area contributed by atoms with Gasteiger partial charge in [-0.1, -0.05) is 0 Å². The number of methoxy groups -OCH3 is 2. The van der Waals surface area contributed by atoms with Gasteiger partial charge in [0.15, 0.2) is 18.1 Å². The van der Waals surface area contributed by atoms with Gasteiger partial charge in [-0.15, -0.1) is 11.3 Å². The number of hydrogen-bond acceptors (Lipinski definition) is 9. The number of nitrogens with one attached hydrogen (secondary N) is 1. The second kappa shape index (κ2) is 10.4. The second-order valence-electron chi connectivity index (χ2n) is 5.84. The fraction of sp³-hybridized carbons (Fsp3) is 0.300. The molecule has 9 nitrogen and oxygen atoms in total. The average molecular weight is 435 g/mol. The molecule has 2 aromatic rings. The normalized spacial score (nSPS) is 10.1. The summed E-state index contributed by atoms with van der Waals surface area (Å²) in [5.41, 5.74) is 0.836. The van der Waals surface area contributed by atoms with Crippen molar-refractivity contribution < 1.29 is 38.1 Å². The molecular weight excluding hydrogens is 414 g/mol. The molecule has 0 aliphatic carbocycles. The minimum atomic E-state index is -0.663. The lowest BCUT2D eigenvalue weighted by Gasteiger charge is -2.11. The number of hydrogen-bond donors (Lipinski definition) is 1. The predicted molar refractivity (Wildman–Crippen MR) is 109 cm³/mol. The number of anilines is 1. The van der Waals surface area contributed by atoms with Crippen molar-refractivity contribution in [1.82, 2.24) is 0 Å². The molecule has 0 aliphatic rings. The van der Waals surface area contributed by atoms with Gasteiger partial charge in [-0.05, 0) is 37.6 Å². The molecule has 0 saturated heterocycles. The molecule has 0 radical (unpaired) electrons. The Morgan fingerprint density at radius 2 is 1.87 bits per heavy atom. The van der Waals surface area contributed by atoms with E-state index in [4.69, 9.17) is 18.9 Å². The molecule has 1 N–H and O–H groups in total. The smallest absolute Gasteiger partial charge is 0.348 e. The topological polar surface area (TPSA) is 117 Å². The first kappa shape index (κ1) is 22.9. The maximum absolute atomic E-state index is 12.4. The first-order chi connectivity index (χ1) is 14.4. The summed E-state index contributed by atoms with van der Waals surface area (Å²) < 4.78 is 20.4. The van der Waals surface area contributed by atoms with Gasteiger partial charge in [0.1, 0.15) is 16.2 Å². The molecule has 2 rings (SSSR count). The Labute approximate surface area is 176 Å². The predicted octanol–water partition coefficient (Wildman–Crippen LogP) is 2.86. The minimum Gasteiger partial charge on any atom is -0.493 e. The molecule has 0 bridgehead atoms. The first-order valence-electron chi connectivity index (χ1n) is 8.80. The Kier molecular flexibility index (Phi) is 7.93. The third-order valence-corrected chi connectivity index (χ3v) is 5.12. The maximum Gasteiger partial charge on any atom is 0.348 e. The average Bonchev–Trinajstić information content (AvgIpc) is 3.07. The van der Waals surface area contributed by atoms with Crippen molar-refractivity contribution in [2.24, 2.45) is 0 Å².